The second kappa shape index (κ2) is 7.46. The van der Waals surface area contributed by atoms with Gasteiger partial charge >= 0.3 is 11.7 Å². The van der Waals surface area contributed by atoms with E-state index >= 15 is 0 Å². The van der Waals surface area contributed by atoms with Gasteiger partial charge in [0.05, 0.1) is 29.4 Å². The van der Waals surface area contributed by atoms with Crippen LogP contribution in [0.25, 0.3) is 11.0 Å². The van der Waals surface area contributed by atoms with Gasteiger partial charge < -0.3 is 20.1 Å². The van der Waals surface area contributed by atoms with Gasteiger partial charge in [-0.3, -0.25) is 9.36 Å². The number of aromatic amines is 1. The summed E-state index contributed by atoms with van der Waals surface area (Å²) in [5.74, 6) is -1.22. The van der Waals surface area contributed by atoms with Crippen molar-refractivity contribution in [3.05, 3.63) is 58.0 Å². The number of amides is 1. The maximum Gasteiger partial charge on any atom is 0.335 e. The van der Waals surface area contributed by atoms with Crippen molar-refractivity contribution in [2.75, 3.05) is 12.4 Å². The Morgan fingerprint density at radius 3 is 2.55 bits per heavy atom. The second-order valence-electron chi connectivity index (χ2n) is 7.14. The summed E-state index contributed by atoms with van der Waals surface area (Å²) in [7, 11) is 1.40. The molecule has 0 atom stereocenters. The topological polar surface area (TPSA) is 113 Å². The van der Waals surface area contributed by atoms with Crippen molar-refractivity contribution in [2.45, 2.75) is 31.7 Å². The molecule has 1 fully saturated rings. The number of carbonyl (C=O) groups is 2. The van der Waals surface area contributed by atoms with Crippen molar-refractivity contribution in [1.29, 1.82) is 0 Å². The molecule has 1 amide bonds. The number of benzene rings is 2. The lowest BCUT2D eigenvalue weighted by Crippen LogP contribution is -2.20. The largest absolute Gasteiger partial charge is 0.495 e. The monoisotopic (exact) mass is 395 g/mol. The van der Waals surface area contributed by atoms with Crippen molar-refractivity contribution in [3.63, 3.8) is 0 Å². The number of anilines is 1. The highest BCUT2D eigenvalue weighted by Gasteiger charge is 2.22. The van der Waals surface area contributed by atoms with Gasteiger partial charge in [-0.2, -0.15) is 0 Å². The van der Waals surface area contributed by atoms with Crippen LogP contribution in [0.2, 0.25) is 0 Å². The van der Waals surface area contributed by atoms with Gasteiger partial charge in [-0.05, 0) is 49.2 Å². The Kier molecular flexibility index (Phi) is 4.84. The molecule has 150 valence electrons. The summed E-state index contributed by atoms with van der Waals surface area (Å²) in [5, 5.41) is 11.8. The Hall–Kier alpha value is -3.55. The molecule has 8 nitrogen and oxygen atoms in total. The fraction of sp³-hybridized carbons (Fsp3) is 0.286. The maximum absolute atomic E-state index is 12.7. The lowest BCUT2D eigenvalue weighted by Gasteiger charge is -2.12. The van der Waals surface area contributed by atoms with E-state index in [0.717, 1.165) is 31.2 Å². The molecule has 8 heteroatoms. The third-order valence-corrected chi connectivity index (χ3v) is 5.37. The number of aromatic nitrogens is 2. The highest BCUT2D eigenvalue weighted by molar-refractivity contribution is 6.07. The maximum atomic E-state index is 12.7. The summed E-state index contributed by atoms with van der Waals surface area (Å²) in [6, 6.07) is 9.53. The normalized spacial score (nSPS) is 14.2. The number of nitrogens with zero attached hydrogens (tertiary/aromatic N) is 1. The first-order valence-corrected chi connectivity index (χ1v) is 9.45. The van der Waals surface area contributed by atoms with Crippen molar-refractivity contribution in [1.82, 2.24) is 9.55 Å². The number of H-pyrrole nitrogens is 1. The van der Waals surface area contributed by atoms with E-state index in [-0.39, 0.29) is 29.0 Å². The average Bonchev–Trinajstić information content (AvgIpc) is 3.33. The van der Waals surface area contributed by atoms with Crippen molar-refractivity contribution in [2.24, 2.45) is 0 Å². The zero-order valence-corrected chi connectivity index (χ0v) is 15.9. The number of carboxylic acid groups (broad SMARTS) is 1. The number of imidazole rings is 1. The molecular formula is C21H21N3O5. The minimum absolute atomic E-state index is 0.0621. The summed E-state index contributed by atoms with van der Waals surface area (Å²) < 4.78 is 6.98. The molecule has 0 radical (unpaired) electrons. The quantitative estimate of drug-likeness (QED) is 0.613. The number of hydrogen-bond donors (Lipinski definition) is 3. The first-order valence-electron chi connectivity index (χ1n) is 9.45. The molecule has 2 aromatic carbocycles. The zero-order valence-electron chi connectivity index (χ0n) is 15.9. The number of carboxylic acids is 1. The summed E-state index contributed by atoms with van der Waals surface area (Å²) >= 11 is 0. The van der Waals surface area contributed by atoms with Gasteiger partial charge in [-0.25, -0.2) is 9.59 Å². The van der Waals surface area contributed by atoms with Gasteiger partial charge in [0, 0.05) is 11.6 Å². The summed E-state index contributed by atoms with van der Waals surface area (Å²) in [4.78, 5) is 39.1. The van der Waals surface area contributed by atoms with Crippen molar-refractivity contribution >= 4 is 28.6 Å². The number of hydrogen-bond acceptors (Lipinski definition) is 4. The predicted molar refractivity (Wildman–Crippen MR) is 108 cm³/mol. The molecule has 0 aliphatic heterocycles. The van der Waals surface area contributed by atoms with E-state index in [0.29, 0.717) is 16.8 Å². The van der Waals surface area contributed by atoms with Crippen LogP contribution in [0.4, 0.5) is 5.69 Å². The van der Waals surface area contributed by atoms with Crippen LogP contribution in [0.5, 0.6) is 5.75 Å². The fourth-order valence-electron chi connectivity index (χ4n) is 3.92. The molecule has 1 aliphatic rings. The standard InChI is InChI=1S/C21H21N3O5/c1-29-18-11-13(20(26)27)6-8-15(18)22-19(25)12-7-9-17-16(10-12)23-21(28)24(17)14-4-2-3-5-14/h6-11,14H,2-5H2,1H3,(H,22,25)(H,23,28)(H,26,27). The third-order valence-electron chi connectivity index (χ3n) is 5.37. The fourth-order valence-corrected chi connectivity index (χ4v) is 3.92. The lowest BCUT2D eigenvalue weighted by atomic mass is 10.1. The number of fused-ring (bicyclic) bond motifs is 1. The highest BCUT2D eigenvalue weighted by atomic mass is 16.5. The van der Waals surface area contributed by atoms with E-state index in [2.05, 4.69) is 10.3 Å². The summed E-state index contributed by atoms with van der Waals surface area (Å²) in [6.07, 6.45) is 4.21. The van der Waals surface area contributed by atoms with Crippen LogP contribution in [-0.4, -0.2) is 33.6 Å². The molecule has 0 spiro atoms. The molecule has 0 bridgehead atoms. The van der Waals surface area contributed by atoms with Crippen LogP contribution in [0, 0.1) is 0 Å². The van der Waals surface area contributed by atoms with Gasteiger partial charge in [0.15, 0.2) is 0 Å². The minimum atomic E-state index is -1.08. The van der Waals surface area contributed by atoms with Gasteiger partial charge in [0.25, 0.3) is 5.91 Å². The van der Waals surface area contributed by atoms with Crippen LogP contribution in [0.1, 0.15) is 52.4 Å². The molecule has 4 rings (SSSR count). The van der Waals surface area contributed by atoms with E-state index in [1.807, 2.05) is 0 Å². The molecule has 29 heavy (non-hydrogen) atoms. The molecule has 3 N–H and O–H groups in total. The Morgan fingerprint density at radius 1 is 1.14 bits per heavy atom. The predicted octanol–water partition coefficient (Wildman–Crippen LogP) is 3.40. The second-order valence-corrected chi connectivity index (χ2v) is 7.14. The molecule has 3 aromatic rings. The van der Waals surface area contributed by atoms with E-state index in [1.54, 1.807) is 22.8 Å². The van der Waals surface area contributed by atoms with E-state index in [4.69, 9.17) is 9.84 Å². The Balaban J connectivity index is 1.62. The van der Waals surface area contributed by atoms with Crippen LogP contribution >= 0.6 is 0 Å². The number of carbonyl (C=O) groups excluding carboxylic acids is 1. The van der Waals surface area contributed by atoms with Crippen molar-refractivity contribution < 1.29 is 19.4 Å². The molecule has 1 aliphatic carbocycles. The van der Waals surface area contributed by atoms with Gasteiger partial charge in [0.2, 0.25) is 0 Å². The number of methoxy groups -OCH3 is 1. The smallest absolute Gasteiger partial charge is 0.335 e. The molecule has 1 aromatic heterocycles. The number of nitrogens with one attached hydrogen (secondary N) is 2. The first-order chi connectivity index (χ1) is 14.0. The van der Waals surface area contributed by atoms with E-state index in [9.17, 15) is 14.4 Å². The number of aromatic carboxylic acids is 1. The van der Waals surface area contributed by atoms with Gasteiger partial charge in [0.1, 0.15) is 5.75 Å². The van der Waals surface area contributed by atoms with Gasteiger partial charge in [-0.1, -0.05) is 12.8 Å². The first kappa shape index (κ1) is 18.8. The number of rotatable bonds is 5. The zero-order chi connectivity index (χ0) is 20.5. The Bertz CT molecular complexity index is 1150. The van der Waals surface area contributed by atoms with Crippen LogP contribution in [0.15, 0.2) is 41.2 Å². The number of ether oxygens (including phenoxy) is 1. The summed E-state index contributed by atoms with van der Waals surface area (Å²) in [6.45, 7) is 0. The summed E-state index contributed by atoms with van der Waals surface area (Å²) in [5.41, 5.74) is 2.05. The SMILES string of the molecule is COc1cc(C(=O)O)ccc1NC(=O)c1ccc2c(c1)[nH]c(=O)n2C1CCCC1. The highest BCUT2D eigenvalue weighted by Crippen LogP contribution is 2.31. The molecule has 1 heterocycles. The van der Waals surface area contributed by atoms with E-state index in [1.165, 1.54) is 25.3 Å². The molecule has 1 saturated carbocycles. The molecule has 0 unspecified atom stereocenters. The third kappa shape index (κ3) is 3.49. The Morgan fingerprint density at radius 2 is 1.86 bits per heavy atom. The van der Waals surface area contributed by atoms with Crippen molar-refractivity contribution in [3.8, 4) is 5.75 Å². The van der Waals surface area contributed by atoms with Crippen LogP contribution in [-0.2, 0) is 0 Å². The molecular weight excluding hydrogens is 374 g/mol. The minimum Gasteiger partial charge on any atom is -0.495 e. The van der Waals surface area contributed by atoms with Crippen LogP contribution in [0.3, 0.4) is 0 Å². The van der Waals surface area contributed by atoms with E-state index < -0.39 is 5.97 Å². The Labute approximate surface area is 166 Å². The van der Waals surface area contributed by atoms with Gasteiger partial charge in [-0.15, -0.1) is 0 Å². The van der Waals surface area contributed by atoms with Crippen LogP contribution < -0.4 is 15.7 Å². The molecule has 0 saturated heterocycles. The average molecular weight is 395 g/mol. The lowest BCUT2D eigenvalue weighted by molar-refractivity contribution is 0.0696.